The normalized spacial score (nSPS) is 12.5. The Morgan fingerprint density at radius 1 is 1.24 bits per heavy atom. The number of carbonyl (C=O) groups excluding carboxylic acids is 2. The average Bonchev–Trinajstić information content (AvgIpc) is 2.93. The molecule has 0 aliphatic heterocycles. The summed E-state index contributed by atoms with van der Waals surface area (Å²) in [4.78, 5) is 27.2. The molecule has 25 heavy (non-hydrogen) atoms. The van der Waals surface area contributed by atoms with Crippen molar-refractivity contribution in [3.8, 4) is 5.75 Å². The van der Waals surface area contributed by atoms with E-state index >= 15 is 0 Å². The van der Waals surface area contributed by atoms with Crippen molar-refractivity contribution in [2.45, 2.75) is 38.8 Å². The lowest BCUT2D eigenvalue weighted by molar-refractivity contribution is -0.143. The molecule has 2 rings (SSSR count). The van der Waals surface area contributed by atoms with Gasteiger partial charge in [-0.05, 0) is 44.5 Å². The number of aromatic amines is 1. The number of ether oxygens (including phenoxy) is 3. The monoisotopic (exact) mass is 348 g/mol. The molecule has 0 saturated heterocycles. The number of rotatable bonds is 5. The number of methoxy groups -OCH3 is 2. The number of nitrogens with one attached hydrogen (secondary N) is 2. The molecule has 7 nitrogen and oxygen atoms in total. The summed E-state index contributed by atoms with van der Waals surface area (Å²) >= 11 is 0. The Morgan fingerprint density at radius 2 is 1.96 bits per heavy atom. The van der Waals surface area contributed by atoms with Crippen molar-refractivity contribution in [3.63, 3.8) is 0 Å². The van der Waals surface area contributed by atoms with Gasteiger partial charge in [-0.3, -0.25) is 0 Å². The first-order valence-corrected chi connectivity index (χ1v) is 7.95. The SMILES string of the molecule is COC(=O)[C@@H](Cc1c[nH]c2ccc(OC)cc12)NC(=O)OC(C)(C)C. The quantitative estimate of drug-likeness (QED) is 0.811. The molecule has 0 saturated carbocycles. The fraction of sp³-hybridized carbons (Fsp3) is 0.444. The van der Waals surface area contributed by atoms with Crippen LogP contribution >= 0.6 is 0 Å². The number of hydrogen-bond acceptors (Lipinski definition) is 5. The minimum Gasteiger partial charge on any atom is -0.497 e. The summed E-state index contributed by atoms with van der Waals surface area (Å²) < 4.78 is 15.3. The van der Waals surface area contributed by atoms with Crippen molar-refractivity contribution < 1.29 is 23.8 Å². The second-order valence-corrected chi connectivity index (χ2v) is 6.65. The number of H-pyrrole nitrogens is 1. The van der Waals surface area contributed by atoms with Crippen LogP contribution in [0.25, 0.3) is 10.9 Å². The van der Waals surface area contributed by atoms with Crippen LogP contribution in [0.1, 0.15) is 26.3 Å². The molecular formula is C18H24N2O5. The van der Waals surface area contributed by atoms with Gasteiger partial charge in [0.25, 0.3) is 0 Å². The van der Waals surface area contributed by atoms with Gasteiger partial charge in [0.15, 0.2) is 0 Å². The molecule has 1 atom stereocenters. The van der Waals surface area contributed by atoms with E-state index < -0.39 is 23.7 Å². The van der Waals surface area contributed by atoms with E-state index in [-0.39, 0.29) is 6.42 Å². The summed E-state index contributed by atoms with van der Waals surface area (Å²) in [5.74, 6) is 0.172. The summed E-state index contributed by atoms with van der Waals surface area (Å²) in [6.07, 6.45) is 1.40. The maximum atomic E-state index is 12.1. The van der Waals surface area contributed by atoms with Crippen molar-refractivity contribution in [2.24, 2.45) is 0 Å². The van der Waals surface area contributed by atoms with Crippen molar-refractivity contribution in [1.82, 2.24) is 10.3 Å². The largest absolute Gasteiger partial charge is 0.497 e. The molecule has 0 aliphatic rings. The predicted octanol–water partition coefficient (Wildman–Crippen LogP) is 2.79. The van der Waals surface area contributed by atoms with Gasteiger partial charge in [-0.1, -0.05) is 0 Å². The number of fused-ring (bicyclic) bond motifs is 1. The van der Waals surface area contributed by atoms with Crippen LogP contribution in [-0.4, -0.2) is 42.9 Å². The maximum absolute atomic E-state index is 12.1. The molecule has 0 spiro atoms. The van der Waals surface area contributed by atoms with Gasteiger partial charge >= 0.3 is 12.1 Å². The first kappa shape index (κ1) is 18.6. The van der Waals surface area contributed by atoms with Crippen LogP contribution in [0.2, 0.25) is 0 Å². The Labute approximate surface area is 146 Å². The minimum atomic E-state index is -0.856. The molecule has 0 aliphatic carbocycles. The fourth-order valence-corrected chi connectivity index (χ4v) is 2.46. The van der Waals surface area contributed by atoms with Gasteiger partial charge in [0.05, 0.1) is 14.2 Å². The lowest BCUT2D eigenvalue weighted by Gasteiger charge is -2.22. The summed E-state index contributed by atoms with van der Waals surface area (Å²) in [6, 6.07) is 4.76. The zero-order valence-electron chi connectivity index (χ0n) is 15.1. The summed E-state index contributed by atoms with van der Waals surface area (Å²) in [5.41, 5.74) is 1.12. The molecule has 0 bridgehead atoms. The molecule has 1 aromatic heterocycles. The van der Waals surface area contributed by atoms with Crippen LogP contribution in [0.3, 0.4) is 0 Å². The van der Waals surface area contributed by atoms with E-state index in [1.807, 2.05) is 18.2 Å². The number of hydrogen-bond donors (Lipinski definition) is 2. The summed E-state index contributed by atoms with van der Waals surface area (Å²) in [7, 11) is 2.87. The van der Waals surface area contributed by atoms with Crippen molar-refractivity contribution in [3.05, 3.63) is 30.0 Å². The van der Waals surface area contributed by atoms with Crippen LogP contribution in [0.5, 0.6) is 5.75 Å². The van der Waals surface area contributed by atoms with Crippen LogP contribution in [0.4, 0.5) is 4.79 Å². The highest BCUT2D eigenvalue weighted by atomic mass is 16.6. The van der Waals surface area contributed by atoms with Gasteiger partial charge in [0.2, 0.25) is 0 Å². The third-order valence-electron chi connectivity index (χ3n) is 3.58. The lowest BCUT2D eigenvalue weighted by Crippen LogP contribution is -2.45. The highest BCUT2D eigenvalue weighted by molar-refractivity contribution is 5.87. The van der Waals surface area contributed by atoms with E-state index in [1.165, 1.54) is 7.11 Å². The standard InChI is InChI=1S/C18H24N2O5/c1-18(2,3)25-17(22)20-15(16(21)24-5)8-11-10-19-14-7-6-12(23-4)9-13(11)14/h6-7,9-10,15,19H,8H2,1-5H3,(H,20,22)/t15-/m1/s1. The molecule has 0 unspecified atom stereocenters. The minimum absolute atomic E-state index is 0.263. The van der Waals surface area contributed by atoms with Gasteiger partial charge in [0.1, 0.15) is 17.4 Å². The van der Waals surface area contributed by atoms with Crippen molar-refractivity contribution >= 4 is 23.0 Å². The second-order valence-electron chi connectivity index (χ2n) is 6.65. The van der Waals surface area contributed by atoms with E-state index in [0.717, 1.165) is 16.5 Å². The molecule has 2 aromatic rings. The van der Waals surface area contributed by atoms with E-state index in [2.05, 4.69) is 10.3 Å². The second kappa shape index (κ2) is 7.46. The molecule has 1 amide bonds. The Hall–Kier alpha value is -2.70. The molecule has 2 N–H and O–H groups in total. The van der Waals surface area contributed by atoms with Gasteiger partial charge in [-0.2, -0.15) is 0 Å². The molecule has 136 valence electrons. The molecule has 1 aromatic carbocycles. The number of esters is 1. The van der Waals surface area contributed by atoms with E-state index in [0.29, 0.717) is 5.75 Å². The van der Waals surface area contributed by atoms with Gasteiger partial charge in [0, 0.05) is 23.5 Å². The van der Waals surface area contributed by atoms with Crippen LogP contribution in [0.15, 0.2) is 24.4 Å². The predicted molar refractivity (Wildman–Crippen MR) is 93.7 cm³/mol. The van der Waals surface area contributed by atoms with Gasteiger partial charge < -0.3 is 24.5 Å². The third-order valence-corrected chi connectivity index (χ3v) is 3.58. The van der Waals surface area contributed by atoms with Crippen LogP contribution in [-0.2, 0) is 20.7 Å². The first-order valence-electron chi connectivity index (χ1n) is 7.95. The zero-order chi connectivity index (χ0) is 18.6. The Bertz CT molecular complexity index is 760. The maximum Gasteiger partial charge on any atom is 0.408 e. The molecule has 7 heteroatoms. The van der Waals surface area contributed by atoms with Crippen LogP contribution in [0, 0.1) is 0 Å². The van der Waals surface area contributed by atoms with E-state index in [4.69, 9.17) is 14.2 Å². The Morgan fingerprint density at radius 3 is 2.56 bits per heavy atom. The van der Waals surface area contributed by atoms with Gasteiger partial charge in [-0.25, -0.2) is 9.59 Å². The average molecular weight is 348 g/mol. The smallest absolute Gasteiger partial charge is 0.408 e. The third kappa shape index (κ3) is 4.89. The molecule has 0 fully saturated rings. The first-order chi connectivity index (χ1) is 11.7. The van der Waals surface area contributed by atoms with Gasteiger partial charge in [-0.15, -0.1) is 0 Å². The zero-order valence-corrected chi connectivity index (χ0v) is 15.1. The molecule has 1 heterocycles. The summed E-state index contributed by atoms with van der Waals surface area (Å²) in [6.45, 7) is 5.27. The highest BCUT2D eigenvalue weighted by Gasteiger charge is 2.26. The Balaban J connectivity index is 2.22. The summed E-state index contributed by atoms with van der Waals surface area (Å²) in [5, 5.41) is 3.49. The van der Waals surface area contributed by atoms with E-state index in [9.17, 15) is 9.59 Å². The number of alkyl carbamates (subject to hydrolysis) is 1. The highest BCUT2D eigenvalue weighted by Crippen LogP contribution is 2.24. The Kier molecular flexibility index (Phi) is 5.56. The lowest BCUT2D eigenvalue weighted by atomic mass is 10.0. The number of benzene rings is 1. The van der Waals surface area contributed by atoms with E-state index in [1.54, 1.807) is 34.1 Å². The number of aromatic nitrogens is 1. The topological polar surface area (TPSA) is 89.7 Å². The van der Waals surface area contributed by atoms with Crippen molar-refractivity contribution in [2.75, 3.05) is 14.2 Å². The number of carbonyl (C=O) groups is 2. The van der Waals surface area contributed by atoms with Crippen molar-refractivity contribution in [1.29, 1.82) is 0 Å². The number of amides is 1. The van der Waals surface area contributed by atoms with Crippen LogP contribution < -0.4 is 10.1 Å². The molecule has 0 radical (unpaired) electrons. The molecular weight excluding hydrogens is 324 g/mol. The fourth-order valence-electron chi connectivity index (χ4n) is 2.46.